The maximum absolute atomic E-state index is 11.9. The summed E-state index contributed by atoms with van der Waals surface area (Å²) in [5.41, 5.74) is 5.00. The van der Waals surface area contributed by atoms with Gasteiger partial charge in [0.05, 0.1) is 15.5 Å². The van der Waals surface area contributed by atoms with E-state index in [0.717, 1.165) is 3.57 Å². The van der Waals surface area contributed by atoms with Crippen LogP contribution in [0.1, 0.15) is 20.0 Å². The van der Waals surface area contributed by atoms with Gasteiger partial charge in [-0.05, 0) is 52.2 Å². The average molecular weight is 407 g/mol. The van der Waals surface area contributed by atoms with Gasteiger partial charge in [0.25, 0.3) is 11.8 Å². The minimum Gasteiger partial charge on any atom is -0.267 e. The molecule has 2 rings (SSSR count). The van der Waals surface area contributed by atoms with Crippen LogP contribution in [0.3, 0.4) is 0 Å². The first-order chi connectivity index (χ1) is 9.08. The molecule has 2 aromatic rings. The number of hydrogen-bond acceptors (Lipinski definition) is 3. The van der Waals surface area contributed by atoms with Crippen molar-refractivity contribution in [3.05, 3.63) is 54.7 Å². The molecule has 2 N–H and O–H groups in total. The third kappa shape index (κ3) is 3.68. The maximum Gasteiger partial charge on any atom is 0.279 e. The molecule has 4 nitrogen and oxygen atoms in total. The van der Waals surface area contributed by atoms with Gasteiger partial charge in [-0.2, -0.15) is 0 Å². The number of amides is 2. The zero-order valence-corrected chi connectivity index (χ0v) is 13.2. The van der Waals surface area contributed by atoms with E-state index in [1.807, 2.05) is 0 Å². The van der Waals surface area contributed by atoms with Gasteiger partial charge in [-0.1, -0.05) is 17.7 Å². The first-order valence-corrected chi connectivity index (χ1v) is 7.51. The van der Waals surface area contributed by atoms with Crippen LogP contribution in [0.2, 0.25) is 5.02 Å². The molecule has 0 aliphatic heterocycles. The molecular formula is C12H8ClIN2O2S. The molecule has 0 atom stereocenters. The van der Waals surface area contributed by atoms with E-state index in [9.17, 15) is 9.59 Å². The average Bonchev–Trinajstić information content (AvgIpc) is 2.92. The lowest BCUT2D eigenvalue weighted by molar-refractivity contribution is 0.0849. The Morgan fingerprint density at radius 3 is 2.58 bits per heavy atom. The molecule has 0 aliphatic rings. The van der Waals surface area contributed by atoms with Crippen molar-refractivity contribution in [1.82, 2.24) is 10.9 Å². The zero-order valence-electron chi connectivity index (χ0n) is 9.44. The van der Waals surface area contributed by atoms with Crippen LogP contribution in [0.15, 0.2) is 35.7 Å². The van der Waals surface area contributed by atoms with Crippen LogP contribution in [0.25, 0.3) is 0 Å². The van der Waals surface area contributed by atoms with Crippen molar-refractivity contribution in [2.75, 3.05) is 0 Å². The summed E-state index contributed by atoms with van der Waals surface area (Å²) in [7, 11) is 0. The largest absolute Gasteiger partial charge is 0.279 e. The normalized spacial score (nSPS) is 10.0. The molecule has 0 saturated heterocycles. The second-order valence-electron chi connectivity index (χ2n) is 3.51. The SMILES string of the molecule is O=C(NNC(=O)c1cc(I)ccc1Cl)c1cccs1. The van der Waals surface area contributed by atoms with Gasteiger partial charge in [0, 0.05) is 3.57 Å². The number of carbonyl (C=O) groups is 2. The van der Waals surface area contributed by atoms with Crippen molar-refractivity contribution in [2.24, 2.45) is 0 Å². The molecule has 0 bridgehead atoms. The number of nitrogens with one attached hydrogen (secondary N) is 2. The summed E-state index contributed by atoms with van der Waals surface area (Å²) in [6, 6.07) is 8.52. The lowest BCUT2D eigenvalue weighted by Crippen LogP contribution is -2.41. The van der Waals surface area contributed by atoms with Crippen LogP contribution in [-0.2, 0) is 0 Å². The van der Waals surface area contributed by atoms with E-state index >= 15 is 0 Å². The van der Waals surface area contributed by atoms with Crippen molar-refractivity contribution in [1.29, 1.82) is 0 Å². The quantitative estimate of drug-likeness (QED) is 0.595. The van der Waals surface area contributed by atoms with Crippen molar-refractivity contribution < 1.29 is 9.59 Å². The molecule has 0 aliphatic carbocycles. The Hall–Kier alpha value is -1.12. The van der Waals surface area contributed by atoms with Crippen LogP contribution in [-0.4, -0.2) is 11.8 Å². The molecule has 7 heteroatoms. The minimum absolute atomic E-state index is 0.319. The van der Waals surface area contributed by atoms with Crippen molar-refractivity contribution in [2.45, 2.75) is 0 Å². The van der Waals surface area contributed by atoms with Gasteiger partial charge < -0.3 is 0 Å². The van der Waals surface area contributed by atoms with Gasteiger partial charge in [0.1, 0.15) is 0 Å². The topological polar surface area (TPSA) is 58.2 Å². The highest BCUT2D eigenvalue weighted by Gasteiger charge is 2.12. The van der Waals surface area contributed by atoms with Crippen LogP contribution in [0.4, 0.5) is 0 Å². The molecule has 1 aromatic carbocycles. The number of carbonyl (C=O) groups excluding carboxylic acids is 2. The van der Waals surface area contributed by atoms with E-state index in [2.05, 4.69) is 33.4 Å². The van der Waals surface area contributed by atoms with Gasteiger partial charge in [-0.3, -0.25) is 20.4 Å². The summed E-state index contributed by atoms with van der Waals surface area (Å²) in [5, 5.41) is 2.12. The second kappa shape index (κ2) is 6.36. The van der Waals surface area contributed by atoms with E-state index in [-0.39, 0.29) is 5.91 Å². The Kier molecular flexibility index (Phi) is 4.78. The molecule has 2 amide bonds. The summed E-state index contributed by atoms with van der Waals surface area (Å²) < 4.78 is 0.886. The van der Waals surface area contributed by atoms with E-state index < -0.39 is 5.91 Å². The highest BCUT2D eigenvalue weighted by atomic mass is 127. The van der Waals surface area contributed by atoms with E-state index in [4.69, 9.17) is 11.6 Å². The molecule has 1 heterocycles. The molecule has 19 heavy (non-hydrogen) atoms. The second-order valence-corrected chi connectivity index (χ2v) is 6.11. The van der Waals surface area contributed by atoms with Crippen LogP contribution < -0.4 is 10.9 Å². The lowest BCUT2D eigenvalue weighted by Gasteiger charge is -2.07. The van der Waals surface area contributed by atoms with Gasteiger partial charge in [0.15, 0.2) is 0 Å². The van der Waals surface area contributed by atoms with Crippen molar-refractivity contribution >= 4 is 57.3 Å². The predicted octanol–water partition coefficient (Wildman–Crippen LogP) is 3.08. The van der Waals surface area contributed by atoms with Crippen LogP contribution in [0.5, 0.6) is 0 Å². The molecular weight excluding hydrogens is 399 g/mol. The predicted molar refractivity (Wildman–Crippen MR) is 83.4 cm³/mol. The summed E-state index contributed by atoms with van der Waals surface area (Å²) in [4.78, 5) is 24.0. The van der Waals surface area contributed by atoms with E-state index in [0.29, 0.717) is 15.5 Å². The van der Waals surface area contributed by atoms with E-state index in [1.165, 1.54) is 11.3 Å². The highest BCUT2D eigenvalue weighted by molar-refractivity contribution is 14.1. The Labute approximate surface area is 132 Å². The zero-order chi connectivity index (χ0) is 13.8. The Morgan fingerprint density at radius 2 is 1.89 bits per heavy atom. The van der Waals surface area contributed by atoms with Gasteiger partial charge in [0.2, 0.25) is 0 Å². The highest BCUT2D eigenvalue weighted by Crippen LogP contribution is 2.18. The molecule has 1 aromatic heterocycles. The summed E-state index contributed by atoms with van der Waals surface area (Å²) in [5.74, 6) is -0.807. The lowest BCUT2D eigenvalue weighted by atomic mass is 10.2. The maximum atomic E-state index is 11.9. The fourth-order valence-electron chi connectivity index (χ4n) is 1.32. The minimum atomic E-state index is -0.451. The third-order valence-corrected chi connectivity index (χ3v) is 4.08. The number of rotatable bonds is 2. The van der Waals surface area contributed by atoms with Crippen LogP contribution >= 0.6 is 45.5 Å². The smallest absolute Gasteiger partial charge is 0.267 e. The fraction of sp³-hybridized carbons (Fsp3) is 0. The number of halogens is 2. The van der Waals surface area contributed by atoms with Gasteiger partial charge >= 0.3 is 0 Å². The molecule has 0 spiro atoms. The van der Waals surface area contributed by atoms with Crippen molar-refractivity contribution in [3.63, 3.8) is 0 Å². The number of hydrogen-bond donors (Lipinski definition) is 2. The number of thiophene rings is 1. The Morgan fingerprint density at radius 1 is 1.16 bits per heavy atom. The molecule has 0 unspecified atom stereocenters. The van der Waals surface area contributed by atoms with Crippen molar-refractivity contribution in [3.8, 4) is 0 Å². The number of hydrazine groups is 1. The molecule has 0 radical (unpaired) electrons. The summed E-state index contributed by atoms with van der Waals surface area (Å²) >= 11 is 9.31. The van der Waals surface area contributed by atoms with Gasteiger partial charge in [-0.25, -0.2) is 0 Å². The fourth-order valence-corrected chi connectivity index (χ4v) is 2.64. The van der Waals surface area contributed by atoms with Gasteiger partial charge in [-0.15, -0.1) is 11.3 Å². The summed E-state index contributed by atoms with van der Waals surface area (Å²) in [6.07, 6.45) is 0. The summed E-state index contributed by atoms with van der Waals surface area (Å²) in [6.45, 7) is 0. The molecule has 98 valence electrons. The standard InChI is InChI=1S/C12H8ClIN2O2S/c13-9-4-3-7(14)6-8(9)11(17)15-16-12(18)10-2-1-5-19-10/h1-6H,(H,15,17)(H,16,18). The first-order valence-electron chi connectivity index (χ1n) is 5.17. The first kappa shape index (κ1) is 14.3. The molecule has 0 saturated carbocycles. The third-order valence-electron chi connectivity index (χ3n) is 2.21. The monoisotopic (exact) mass is 406 g/mol. The van der Waals surface area contributed by atoms with Crippen LogP contribution in [0, 0.1) is 3.57 Å². The Balaban J connectivity index is 2.02. The Bertz CT molecular complexity index is 616. The van der Waals surface area contributed by atoms with E-state index in [1.54, 1.807) is 35.7 Å². The molecule has 0 fully saturated rings. The number of benzene rings is 1.